The van der Waals surface area contributed by atoms with Crippen LogP contribution in [0.5, 0.6) is 0 Å². The minimum atomic E-state index is -0.380. The number of urea groups is 1. The summed E-state index contributed by atoms with van der Waals surface area (Å²) >= 11 is 0. The maximum absolute atomic E-state index is 11.6. The van der Waals surface area contributed by atoms with Crippen molar-refractivity contribution in [2.24, 2.45) is 0 Å². The molecule has 1 aliphatic rings. The molecule has 1 heterocycles. The van der Waals surface area contributed by atoms with Crippen LogP contribution in [0, 0.1) is 0 Å². The largest absolute Gasteiger partial charge is 0.423 e. The van der Waals surface area contributed by atoms with Crippen LogP contribution in [0.25, 0.3) is 11.0 Å². The molecule has 0 saturated heterocycles. The van der Waals surface area contributed by atoms with Gasteiger partial charge >= 0.3 is 11.7 Å². The third-order valence-electron chi connectivity index (χ3n) is 2.79. The minimum Gasteiger partial charge on any atom is -0.423 e. The Morgan fingerprint density at radius 3 is 2.83 bits per heavy atom. The van der Waals surface area contributed by atoms with Gasteiger partial charge in [-0.15, -0.1) is 0 Å². The Morgan fingerprint density at radius 1 is 1.22 bits per heavy atom. The first-order chi connectivity index (χ1) is 8.70. The Morgan fingerprint density at radius 2 is 2.06 bits per heavy atom. The van der Waals surface area contributed by atoms with Crippen LogP contribution in [0.4, 0.5) is 10.5 Å². The van der Waals surface area contributed by atoms with Crippen LogP contribution in [0.3, 0.4) is 0 Å². The van der Waals surface area contributed by atoms with Crippen LogP contribution in [0.15, 0.2) is 39.5 Å². The molecule has 0 bridgehead atoms. The van der Waals surface area contributed by atoms with Gasteiger partial charge in [0.15, 0.2) is 0 Å². The summed E-state index contributed by atoms with van der Waals surface area (Å²) in [7, 11) is 0. The zero-order valence-electron chi connectivity index (χ0n) is 9.60. The number of hydrogen-bond donors (Lipinski definition) is 2. The lowest BCUT2D eigenvalue weighted by molar-refractivity contribution is 0.251. The van der Waals surface area contributed by atoms with Gasteiger partial charge in [-0.2, -0.15) is 0 Å². The third-order valence-corrected chi connectivity index (χ3v) is 2.79. The first-order valence-electron chi connectivity index (χ1n) is 5.82. The van der Waals surface area contributed by atoms with E-state index in [1.807, 2.05) is 0 Å². The highest BCUT2D eigenvalue weighted by molar-refractivity contribution is 5.92. The number of fused-ring (bicyclic) bond motifs is 1. The second-order valence-corrected chi connectivity index (χ2v) is 4.38. The van der Waals surface area contributed by atoms with Crippen LogP contribution in [-0.2, 0) is 0 Å². The molecule has 0 aliphatic heterocycles. The average molecular weight is 244 g/mol. The number of rotatable bonds is 2. The minimum absolute atomic E-state index is 0.200. The van der Waals surface area contributed by atoms with Crippen molar-refractivity contribution in [1.82, 2.24) is 5.32 Å². The predicted octanol–water partition coefficient (Wildman–Crippen LogP) is 2.08. The highest BCUT2D eigenvalue weighted by Gasteiger charge is 2.23. The van der Waals surface area contributed by atoms with E-state index in [2.05, 4.69) is 10.6 Å². The van der Waals surface area contributed by atoms with Crippen LogP contribution in [0.2, 0.25) is 0 Å². The molecule has 1 aliphatic carbocycles. The van der Waals surface area contributed by atoms with Crippen molar-refractivity contribution < 1.29 is 9.21 Å². The SMILES string of the molecule is O=C(Nc1ccc2oc(=O)ccc2c1)NC1CC1. The molecule has 0 atom stereocenters. The Labute approximate surface area is 103 Å². The van der Waals surface area contributed by atoms with Gasteiger partial charge in [-0.3, -0.25) is 0 Å². The molecular weight excluding hydrogens is 232 g/mol. The van der Waals surface area contributed by atoms with E-state index >= 15 is 0 Å². The highest BCUT2D eigenvalue weighted by atomic mass is 16.4. The molecule has 5 nitrogen and oxygen atoms in total. The van der Waals surface area contributed by atoms with E-state index in [1.165, 1.54) is 6.07 Å². The van der Waals surface area contributed by atoms with E-state index in [-0.39, 0.29) is 11.7 Å². The first-order valence-corrected chi connectivity index (χ1v) is 5.82. The normalized spacial score (nSPS) is 14.4. The molecule has 92 valence electrons. The molecule has 18 heavy (non-hydrogen) atoms. The molecule has 0 unspecified atom stereocenters. The molecule has 5 heteroatoms. The average Bonchev–Trinajstić information content (AvgIpc) is 3.13. The zero-order valence-corrected chi connectivity index (χ0v) is 9.60. The topological polar surface area (TPSA) is 71.3 Å². The van der Waals surface area contributed by atoms with Gasteiger partial charge in [-0.1, -0.05) is 0 Å². The van der Waals surface area contributed by atoms with Gasteiger partial charge in [0, 0.05) is 23.2 Å². The van der Waals surface area contributed by atoms with Gasteiger partial charge in [-0.05, 0) is 37.1 Å². The summed E-state index contributed by atoms with van der Waals surface area (Å²) in [6.45, 7) is 0. The standard InChI is InChI=1S/C13H12N2O3/c16-12-6-1-8-7-10(4-5-11(8)18-12)15-13(17)14-9-2-3-9/h1,4-7,9H,2-3H2,(H2,14,15,17). The Kier molecular flexibility index (Phi) is 2.51. The Hall–Kier alpha value is -2.30. The molecule has 1 fully saturated rings. The fraction of sp³-hybridized carbons (Fsp3) is 0.231. The maximum Gasteiger partial charge on any atom is 0.336 e. The Balaban J connectivity index is 1.81. The van der Waals surface area contributed by atoms with Crippen LogP contribution >= 0.6 is 0 Å². The van der Waals surface area contributed by atoms with Crippen molar-refractivity contribution in [3.8, 4) is 0 Å². The van der Waals surface area contributed by atoms with Crippen molar-refractivity contribution >= 4 is 22.7 Å². The van der Waals surface area contributed by atoms with Crippen molar-refractivity contribution in [2.45, 2.75) is 18.9 Å². The number of carbonyl (C=O) groups excluding carboxylic acids is 1. The second-order valence-electron chi connectivity index (χ2n) is 4.38. The molecule has 1 saturated carbocycles. The molecule has 2 amide bonds. The van der Waals surface area contributed by atoms with Gasteiger partial charge < -0.3 is 15.1 Å². The lowest BCUT2D eigenvalue weighted by Gasteiger charge is -2.06. The van der Waals surface area contributed by atoms with Crippen molar-refractivity contribution in [1.29, 1.82) is 0 Å². The molecule has 0 spiro atoms. The molecule has 3 rings (SSSR count). The summed E-state index contributed by atoms with van der Waals surface area (Å²) in [5, 5.41) is 6.36. The summed E-state index contributed by atoms with van der Waals surface area (Å²) in [5.41, 5.74) is 0.805. The summed E-state index contributed by atoms with van der Waals surface area (Å²) in [4.78, 5) is 22.6. The van der Waals surface area contributed by atoms with E-state index in [0.29, 0.717) is 17.3 Å². The number of anilines is 1. The number of nitrogens with one attached hydrogen (secondary N) is 2. The zero-order chi connectivity index (χ0) is 12.5. The lowest BCUT2D eigenvalue weighted by atomic mass is 10.2. The first kappa shape index (κ1) is 10.8. The summed E-state index contributed by atoms with van der Waals surface area (Å²) in [6.07, 6.45) is 2.10. The van der Waals surface area contributed by atoms with Crippen LogP contribution in [0.1, 0.15) is 12.8 Å². The number of benzene rings is 1. The maximum atomic E-state index is 11.6. The van der Waals surface area contributed by atoms with Gasteiger partial charge in [0.05, 0.1) is 0 Å². The predicted molar refractivity (Wildman–Crippen MR) is 67.7 cm³/mol. The molecule has 0 radical (unpaired) electrons. The quantitative estimate of drug-likeness (QED) is 0.794. The highest BCUT2D eigenvalue weighted by Crippen LogP contribution is 2.20. The summed E-state index contributed by atoms with van der Waals surface area (Å²) < 4.78 is 5.01. The summed E-state index contributed by atoms with van der Waals surface area (Å²) in [6, 6.07) is 8.30. The fourth-order valence-electron chi connectivity index (χ4n) is 1.73. The lowest BCUT2D eigenvalue weighted by Crippen LogP contribution is -2.30. The fourth-order valence-corrected chi connectivity index (χ4v) is 1.73. The van der Waals surface area contributed by atoms with E-state index in [1.54, 1.807) is 24.3 Å². The summed E-state index contributed by atoms with van der Waals surface area (Å²) in [5.74, 6) is 0. The van der Waals surface area contributed by atoms with Gasteiger partial charge in [0.1, 0.15) is 5.58 Å². The molecule has 1 aromatic carbocycles. The van der Waals surface area contributed by atoms with Gasteiger partial charge in [-0.25, -0.2) is 9.59 Å². The van der Waals surface area contributed by atoms with Crippen molar-refractivity contribution in [3.05, 3.63) is 40.8 Å². The molecular formula is C13H12N2O3. The number of amides is 2. The van der Waals surface area contributed by atoms with Crippen molar-refractivity contribution in [2.75, 3.05) is 5.32 Å². The van der Waals surface area contributed by atoms with Crippen LogP contribution < -0.4 is 16.3 Å². The van der Waals surface area contributed by atoms with Gasteiger partial charge in [0.25, 0.3) is 0 Å². The van der Waals surface area contributed by atoms with Crippen LogP contribution in [-0.4, -0.2) is 12.1 Å². The van der Waals surface area contributed by atoms with Gasteiger partial charge in [0.2, 0.25) is 0 Å². The third kappa shape index (κ3) is 2.34. The van der Waals surface area contributed by atoms with Crippen molar-refractivity contribution in [3.63, 3.8) is 0 Å². The smallest absolute Gasteiger partial charge is 0.336 e. The number of carbonyl (C=O) groups is 1. The number of hydrogen-bond acceptors (Lipinski definition) is 3. The molecule has 2 aromatic rings. The van der Waals surface area contributed by atoms with E-state index < -0.39 is 0 Å². The molecule has 2 N–H and O–H groups in total. The second kappa shape index (κ2) is 4.18. The van der Waals surface area contributed by atoms with E-state index in [4.69, 9.17) is 4.42 Å². The molecule has 1 aromatic heterocycles. The monoisotopic (exact) mass is 244 g/mol. The van der Waals surface area contributed by atoms with E-state index in [9.17, 15) is 9.59 Å². The Bertz CT molecular complexity index is 659. The van der Waals surface area contributed by atoms with E-state index in [0.717, 1.165) is 18.2 Å².